The molecule has 8 heteroatoms. The molecular formula is C22H21ClN4O3. The number of carbonyl (C=O) groups excluding carboxylic acids is 1. The van der Waals surface area contributed by atoms with Crippen molar-refractivity contribution >= 4 is 29.4 Å². The van der Waals surface area contributed by atoms with Gasteiger partial charge in [-0.3, -0.25) is 14.9 Å². The minimum atomic E-state index is -0.477. The Balaban J connectivity index is 1.70. The van der Waals surface area contributed by atoms with Crippen LogP contribution in [-0.2, 0) is 11.2 Å². The van der Waals surface area contributed by atoms with Crippen LogP contribution in [0.15, 0.2) is 53.6 Å². The zero-order chi connectivity index (χ0) is 21.8. The van der Waals surface area contributed by atoms with Crippen LogP contribution in [0, 0.1) is 30.9 Å². The van der Waals surface area contributed by atoms with Gasteiger partial charge in [-0.25, -0.2) is 5.43 Å². The van der Waals surface area contributed by atoms with Crippen LogP contribution < -0.4 is 5.43 Å². The second-order valence-electron chi connectivity index (χ2n) is 6.99. The lowest BCUT2D eigenvalue weighted by atomic mass is 10.1. The fourth-order valence-corrected chi connectivity index (χ4v) is 3.41. The normalized spacial score (nSPS) is 11.1. The summed E-state index contributed by atoms with van der Waals surface area (Å²) in [6.45, 7) is 6.00. The average molecular weight is 425 g/mol. The van der Waals surface area contributed by atoms with Crippen molar-refractivity contribution in [2.24, 2.45) is 5.10 Å². The largest absolute Gasteiger partial charge is 0.318 e. The van der Waals surface area contributed by atoms with Crippen molar-refractivity contribution < 1.29 is 9.72 Å². The minimum absolute atomic E-state index is 0.0116. The summed E-state index contributed by atoms with van der Waals surface area (Å²) in [6, 6.07) is 13.6. The standard InChI is InChI=1S/C22H21ClN4O3/c1-14-4-7-19(23)12-21(14)26-15(2)10-18(16(26)3)13-24-25-22(28)11-17-5-8-20(9-6-17)27(29)30/h4-10,12-13H,11H2,1-3H3,(H,25,28)/b24-13-. The number of nitrogens with one attached hydrogen (secondary N) is 1. The van der Waals surface area contributed by atoms with Crippen LogP contribution in [0.4, 0.5) is 5.69 Å². The molecule has 0 spiro atoms. The quantitative estimate of drug-likeness (QED) is 0.354. The molecule has 0 saturated carbocycles. The van der Waals surface area contributed by atoms with E-state index in [0.717, 1.165) is 28.2 Å². The molecule has 0 aliphatic rings. The van der Waals surface area contributed by atoms with Gasteiger partial charge < -0.3 is 4.57 Å². The van der Waals surface area contributed by atoms with E-state index in [0.29, 0.717) is 10.6 Å². The second-order valence-corrected chi connectivity index (χ2v) is 7.42. The lowest BCUT2D eigenvalue weighted by Gasteiger charge is -2.13. The van der Waals surface area contributed by atoms with Crippen molar-refractivity contribution in [1.29, 1.82) is 0 Å². The van der Waals surface area contributed by atoms with Crippen LogP contribution in [0.5, 0.6) is 0 Å². The molecule has 3 rings (SSSR count). The van der Waals surface area contributed by atoms with Crippen LogP contribution in [0.25, 0.3) is 5.69 Å². The summed E-state index contributed by atoms with van der Waals surface area (Å²) in [6.07, 6.45) is 1.68. The lowest BCUT2D eigenvalue weighted by molar-refractivity contribution is -0.384. The van der Waals surface area contributed by atoms with E-state index in [1.807, 2.05) is 45.0 Å². The van der Waals surface area contributed by atoms with E-state index in [4.69, 9.17) is 11.6 Å². The molecule has 3 aromatic rings. The number of halogens is 1. The Bertz CT molecular complexity index is 1130. The highest BCUT2D eigenvalue weighted by atomic mass is 35.5. The number of nitro groups is 1. The predicted molar refractivity (Wildman–Crippen MR) is 118 cm³/mol. The first-order valence-corrected chi connectivity index (χ1v) is 9.64. The highest BCUT2D eigenvalue weighted by molar-refractivity contribution is 6.30. The molecule has 0 bridgehead atoms. The predicted octanol–water partition coefficient (Wildman–Crippen LogP) is 4.66. The highest BCUT2D eigenvalue weighted by Gasteiger charge is 2.12. The van der Waals surface area contributed by atoms with E-state index >= 15 is 0 Å². The molecule has 1 heterocycles. The number of amides is 1. The van der Waals surface area contributed by atoms with Gasteiger partial charge in [-0.2, -0.15) is 5.10 Å². The monoisotopic (exact) mass is 424 g/mol. The van der Waals surface area contributed by atoms with Gasteiger partial charge in [-0.15, -0.1) is 0 Å². The number of hydrogen-bond acceptors (Lipinski definition) is 4. The maximum absolute atomic E-state index is 12.1. The Morgan fingerprint density at radius 1 is 1.17 bits per heavy atom. The molecule has 0 saturated heterocycles. The third kappa shape index (κ3) is 4.75. The van der Waals surface area contributed by atoms with Crippen LogP contribution >= 0.6 is 11.6 Å². The molecule has 0 radical (unpaired) electrons. The average Bonchev–Trinajstić information content (AvgIpc) is 2.97. The van der Waals surface area contributed by atoms with Crippen LogP contribution in [-0.4, -0.2) is 21.6 Å². The topological polar surface area (TPSA) is 89.5 Å². The summed E-state index contributed by atoms with van der Waals surface area (Å²) in [4.78, 5) is 22.3. The van der Waals surface area contributed by atoms with Crippen molar-refractivity contribution in [2.45, 2.75) is 27.2 Å². The number of rotatable bonds is 6. The molecule has 154 valence electrons. The smallest absolute Gasteiger partial charge is 0.269 e. The summed E-state index contributed by atoms with van der Waals surface area (Å²) in [5.41, 5.74) is 8.13. The number of hydrogen-bond donors (Lipinski definition) is 1. The highest BCUT2D eigenvalue weighted by Crippen LogP contribution is 2.25. The van der Waals surface area contributed by atoms with E-state index in [9.17, 15) is 14.9 Å². The number of aryl methyl sites for hydroxylation is 2. The minimum Gasteiger partial charge on any atom is -0.318 e. The van der Waals surface area contributed by atoms with Crippen LogP contribution in [0.2, 0.25) is 5.02 Å². The summed E-state index contributed by atoms with van der Waals surface area (Å²) in [5.74, 6) is -0.306. The number of non-ortho nitro benzene ring substituents is 1. The van der Waals surface area contributed by atoms with E-state index in [1.165, 1.54) is 12.1 Å². The van der Waals surface area contributed by atoms with Gasteiger partial charge >= 0.3 is 0 Å². The van der Waals surface area contributed by atoms with Gasteiger partial charge in [0.05, 0.1) is 17.6 Å². The molecule has 30 heavy (non-hydrogen) atoms. The first-order valence-electron chi connectivity index (χ1n) is 9.27. The van der Waals surface area contributed by atoms with E-state index in [2.05, 4.69) is 15.1 Å². The summed E-state index contributed by atoms with van der Waals surface area (Å²) < 4.78 is 2.10. The number of benzene rings is 2. The summed E-state index contributed by atoms with van der Waals surface area (Å²) >= 11 is 6.17. The molecule has 2 aromatic carbocycles. The number of aromatic nitrogens is 1. The zero-order valence-corrected chi connectivity index (χ0v) is 17.6. The fourth-order valence-electron chi connectivity index (χ4n) is 3.25. The molecular weight excluding hydrogens is 404 g/mol. The van der Waals surface area contributed by atoms with Gasteiger partial charge in [0.15, 0.2) is 0 Å². The Morgan fingerprint density at radius 2 is 1.87 bits per heavy atom. The molecule has 0 atom stereocenters. The molecule has 0 unspecified atom stereocenters. The Morgan fingerprint density at radius 3 is 2.53 bits per heavy atom. The molecule has 1 N–H and O–H groups in total. The Labute approximate surface area is 179 Å². The van der Waals surface area contributed by atoms with Crippen LogP contribution in [0.3, 0.4) is 0 Å². The third-order valence-corrected chi connectivity index (χ3v) is 5.02. The maximum Gasteiger partial charge on any atom is 0.269 e. The van der Waals surface area contributed by atoms with Crippen molar-refractivity contribution in [3.63, 3.8) is 0 Å². The van der Waals surface area contributed by atoms with Crippen molar-refractivity contribution in [2.75, 3.05) is 0 Å². The summed E-state index contributed by atoms with van der Waals surface area (Å²) in [7, 11) is 0. The lowest BCUT2D eigenvalue weighted by Crippen LogP contribution is -2.19. The van der Waals surface area contributed by atoms with Crippen molar-refractivity contribution in [1.82, 2.24) is 9.99 Å². The maximum atomic E-state index is 12.1. The van der Waals surface area contributed by atoms with Gasteiger partial charge in [0.2, 0.25) is 5.91 Å². The number of nitro benzene ring substituents is 1. The Kier molecular flexibility index (Phi) is 6.32. The Hall–Kier alpha value is -3.45. The molecule has 7 nitrogen and oxygen atoms in total. The van der Waals surface area contributed by atoms with Gasteiger partial charge in [0.1, 0.15) is 0 Å². The van der Waals surface area contributed by atoms with E-state index in [-0.39, 0.29) is 18.0 Å². The second kappa shape index (κ2) is 8.92. The third-order valence-electron chi connectivity index (χ3n) is 4.79. The van der Waals surface area contributed by atoms with Gasteiger partial charge in [0, 0.05) is 39.8 Å². The van der Waals surface area contributed by atoms with Crippen molar-refractivity contribution in [3.8, 4) is 5.69 Å². The molecule has 1 amide bonds. The molecule has 1 aromatic heterocycles. The number of nitrogens with zero attached hydrogens (tertiary/aromatic N) is 3. The first-order chi connectivity index (χ1) is 14.3. The first kappa shape index (κ1) is 21.3. The number of hydrazone groups is 1. The van der Waals surface area contributed by atoms with Gasteiger partial charge in [-0.1, -0.05) is 29.8 Å². The van der Waals surface area contributed by atoms with Crippen LogP contribution in [0.1, 0.15) is 28.1 Å². The molecule has 0 aliphatic heterocycles. The number of carbonyl (C=O) groups is 1. The van der Waals surface area contributed by atoms with Gasteiger partial charge in [0.25, 0.3) is 5.69 Å². The SMILES string of the molecule is Cc1ccc(Cl)cc1-n1c(C)cc(/C=N\NC(=O)Cc2ccc([N+](=O)[O-])cc2)c1C. The fraction of sp³-hybridized carbons (Fsp3) is 0.182. The summed E-state index contributed by atoms with van der Waals surface area (Å²) in [5, 5.41) is 15.4. The molecule has 0 fully saturated rings. The zero-order valence-electron chi connectivity index (χ0n) is 16.8. The molecule has 0 aliphatic carbocycles. The van der Waals surface area contributed by atoms with Crippen molar-refractivity contribution in [3.05, 3.63) is 91.7 Å². The van der Waals surface area contributed by atoms with E-state index < -0.39 is 4.92 Å². The van der Waals surface area contributed by atoms with E-state index in [1.54, 1.807) is 18.3 Å². The van der Waals surface area contributed by atoms with Gasteiger partial charge in [-0.05, 0) is 50.1 Å².